The number of carbonyl (C=O) groups excluding carboxylic acids is 1. The quantitative estimate of drug-likeness (QED) is 0.262. The highest BCUT2D eigenvalue weighted by Gasteiger charge is 2.08. The second-order valence-electron chi connectivity index (χ2n) is 6.54. The van der Waals surface area contributed by atoms with Crippen LogP contribution in [0, 0.1) is 0 Å². The van der Waals surface area contributed by atoms with E-state index in [9.17, 15) is 9.90 Å². The Bertz CT molecular complexity index is 1200. The van der Waals surface area contributed by atoms with E-state index in [4.69, 9.17) is 11.6 Å². The molecule has 3 N–H and O–H groups in total. The number of phenolic OH excluding ortho intramolecular Hbond substituents is 1. The zero-order valence-corrected chi connectivity index (χ0v) is 17.7. The van der Waals surface area contributed by atoms with E-state index in [-0.39, 0.29) is 11.7 Å². The molecule has 0 spiro atoms. The van der Waals surface area contributed by atoms with Gasteiger partial charge in [0.1, 0.15) is 5.75 Å². The molecule has 1 amide bonds. The van der Waals surface area contributed by atoms with E-state index in [1.54, 1.807) is 36.4 Å². The fraction of sp³-hybridized carbons (Fsp3) is 0. The first-order valence-corrected chi connectivity index (χ1v) is 10.5. The summed E-state index contributed by atoms with van der Waals surface area (Å²) in [6, 6.07) is 21.1. The molecule has 0 bridgehead atoms. The van der Waals surface area contributed by atoms with Crippen molar-refractivity contribution in [3.05, 3.63) is 94.3 Å². The monoisotopic (exact) mass is 448 g/mol. The molecule has 31 heavy (non-hydrogen) atoms. The zero-order valence-electron chi connectivity index (χ0n) is 16.1. The van der Waals surface area contributed by atoms with Crippen molar-refractivity contribution in [2.75, 3.05) is 5.32 Å². The van der Waals surface area contributed by atoms with Gasteiger partial charge < -0.3 is 10.4 Å². The number of hydrogen-bond acceptors (Lipinski definition) is 6. The van der Waals surface area contributed by atoms with E-state index in [2.05, 4.69) is 20.8 Å². The lowest BCUT2D eigenvalue weighted by Crippen LogP contribution is -2.17. The van der Waals surface area contributed by atoms with Crippen LogP contribution in [0.4, 0.5) is 10.8 Å². The van der Waals surface area contributed by atoms with Crippen LogP contribution >= 0.6 is 22.9 Å². The number of thiazole rings is 1. The van der Waals surface area contributed by atoms with Gasteiger partial charge >= 0.3 is 0 Å². The highest BCUT2D eigenvalue weighted by atomic mass is 35.5. The van der Waals surface area contributed by atoms with Gasteiger partial charge in [0.2, 0.25) is 0 Å². The predicted molar refractivity (Wildman–Crippen MR) is 125 cm³/mol. The van der Waals surface area contributed by atoms with Gasteiger partial charge in [0.15, 0.2) is 5.13 Å². The molecular weight excluding hydrogens is 432 g/mol. The van der Waals surface area contributed by atoms with Crippen molar-refractivity contribution in [2.24, 2.45) is 5.10 Å². The first-order chi connectivity index (χ1) is 15.1. The molecule has 0 aliphatic heterocycles. The Kier molecular flexibility index (Phi) is 6.26. The van der Waals surface area contributed by atoms with Gasteiger partial charge in [-0.25, -0.2) is 10.4 Å². The summed E-state index contributed by atoms with van der Waals surface area (Å²) in [5.74, 6) is -0.140. The minimum absolute atomic E-state index is 0.175. The highest BCUT2D eigenvalue weighted by molar-refractivity contribution is 7.14. The molecule has 4 rings (SSSR count). The summed E-state index contributed by atoms with van der Waals surface area (Å²) in [6.45, 7) is 0. The lowest BCUT2D eigenvalue weighted by Gasteiger charge is -2.03. The average Bonchev–Trinajstić information content (AvgIpc) is 3.25. The molecule has 8 heteroatoms. The van der Waals surface area contributed by atoms with Crippen molar-refractivity contribution >= 4 is 45.9 Å². The van der Waals surface area contributed by atoms with Gasteiger partial charge in [0.05, 0.1) is 11.9 Å². The zero-order chi connectivity index (χ0) is 21.6. The summed E-state index contributed by atoms with van der Waals surface area (Å²) in [5.41, 5.74) is 6.38. The molecule has 154 valence electrons. The predicted octanol–water partition coefficient (Wildman–Crippen LogP) is 5.68. The fourth-order valence-electron chi connectivity index (χ4n) is 2.70. The number of phenols is 1. The number of hydrazone groups is 1. The summed E-state index contributed by atoms with van der Waals surface area (Å²) in [6.07, 6.45) is 1.51. The number of benzene rings is 3. The van der Waals surface area contributed by atoms with Crippen molar-refractivity contribution in [3.63, 3.8) is 0 Å². The van der Waals surface area contributed by atoms with Gasteiger partial charge in [-0.1, -0.05) is 23.7 Å². The van der Waals surface area contributed by atoms with Crippen molar-refractivity contribution in [2.45, 2.75) is 0 Å². The maximum absolute atomic E-state index is 12.3. The molecule has 3 aromatic carbocycles. The lowest BCUT2D eigenvalue weighted by molar-refractivity contribution is 0.0955. The third-order valence-electron chi connectivity index (χ3n) is 4.32. The van der Waals surface area contributed by atoms with Crippen LogP contribution in [0.1, 0.15) is 15.9 Å². The minimum Gasteiger partial charge on any atom is -0.508 e. The van der Waals surface area contributed by atoms with Crippen LogP contribution < -0.4 is 10.7 Å². The van der Waals surface area contributed by atoms with Gasteiger partial charge in [0.25, 0.3) is 5.91 Å². The van der Waals surface area contributed by atoms with Crippen molar-refractivity contribution < 1.29 is 9.90 Å². The van der Waals surface area contributed by atoms with E-state index in [1.165, 1.54) is 17.6 Å². The Morgan fingerprint density at radius 2 is 1.71 bits per heavy atom. The molecule has 6 nitrogen and oxygen atoms in total. The minimum atomic E-state index is -0.315. The van der Waals surface area contributed by atoms with Gasteiger partial charge in [-0.2, -0.15) is 5.10 Å². The van der Waals surface area contributed by atoms with E-state index in [1.807, 2.05) is 41.8 Å². The molecule has 0 aliphatic carbocycles. The highest BCUT2D eigenvalue weighted by Crippen LogP contribution is 2.27. The average molecular weight is 449 g/mol. The van der Waals surface area contributed by atoms with Crippen LogP contribution in [0.25, 0.3) is 11.3 Å². The van der Waals surface area contributed by atoms with Crippen molar-refractivity contribution in [3.8, 4) is 17.0 Å². The smallest absolute Gasteiger partial charge is 0.271 e. The largest absolute Gasteiger partial charge is 0.508 e. The number of amides is 1. The number of hydrogen-bond donors (Lipinski definition) is 3. The molecule has 0 atom stereocenters. The van der Waals surface area contributed by atoms with Crippen LogP contribution in [0.5, 0.6) is 5.75 Å². The summed E-state index contributed by atoms with van der Waals surface area (Å²) >= 11 is 7.40. The number of aromatic nitrogens is 1. The fourth-order valence-corrected chi connectivity index (χ4v) is 3.57. The van der Waals surface area contributed by atoms with Crippen molar-refractivity contribution in [1.29, 1.82) is 0 Å². The van der Waals surface area contributed by atoms with Crippen LogP contribution in [-0.2, 0) is 0 Å². The standard InChI is InChI=1S/C23H17ClN4O2S/c24-18-7-9-19(10-8-18)26-23-27-21(14-31-23)16-3-5-17(6-4-16)22(30)28-25-13-15-1-11-20(29)12-2-15/h1-14,29H,(H,26,27)(H,28,30)/b25-13-. The second kappa shape index (κ2) is 9.42. The Balaban J connectivity index is 1.37. The Hall–Kier alpha value is -3.68. The van der Waals surface area contributed by atoms with E-state index in [0.717, 1.165) is 27.6 Å². The number of rotatable bonds is 6. The van der Waals surface area contributed by atoms with Crippen LogP contribution in [0.3, 0.4) is 0 Å². The first-order valence-electron chi connectivity index (χ1n) is 9.28. The molecule has 0 unspecified atom stereocenters. The van der Waals surface area contributed by atoms with Gasteiger partial charge in [-0.15, -0.1) is 11.3 Å². The van der Waals surface area contributed by atoms with Gasteiger partial charge in [0, 0.05) is 27.2 Å². The third-order valence-corrected chi connectivity index (χ3v) is 5.33. The summed E-state index contributed by atoms with van der Waals surface area (Å²) < 4.78 is 0. The summed E-state index contributed by atoms with van der Waals surface area (Å²) in [5, 5.41) is 19.9. The maximum Gasteiger partial charge on any atom is 0.271 e. The van der Waals surface area contributed by atoms with Gasteiger partial charge in [-0.05, 0) is 66.2 Å². The van der Waals surface area contributed by atoms with Crippen LogP contribution in [-0.4, -0.2) is 22.2 Å². The topological polar surface area (TPSA) is 86.6 Å². The van der Waals surface area contributed by atoms with E-state index >= 15 is 0 Å². The Morgan fingerprint density at radius 3 is 2.42 bits per heavy atom. The lowest BCUT2D eigenvalue weighted by atomic mass is 10.1. The molecule has 0 saturated carbocycles. The molecule has 0 radical (unpaired) electrons. The van der Waals surface area contributed by atoms with E-state index in [0.29, 0.717) is 10.6 Å². The van der Waals surface area contributed by atoms with Crippen LogP contribution in [0.15, 0.2) is 83.3 Å². The number of aromatic hydroxyl groups is 1. The Morgan fingerprint density at radius 1 is 1.00 bits per heavy atom. The van der Waals surface area contributed by atoms with E-state index < -0.39 is 0 Å². The second-order valence-corrected chi connectivity index (χ2v) is 7.83. The summed E-state index contributed by atoms with van der Waals surface area (Å²) in [4.78, 5) is 16.9. The number of carbonyl (C=O) groups is 1. The first kappa shape index (κ1) is 20.6. The molecule has 0 aliphatic rings. The van der Waals surface area contributed by atoms with Crippen molar-refractivity contribution in [1.82, 2.24) is 10.4 Å². The maximum atomic E-state index is 12.3. The third kappa shape index (κ3) is 5.48. The molecule has 1 aromatic heterocycles. The molecule has 0 fully saturated rings. The summed E-state index contributed by atoms with van der Waals surface area (Å²) in [7, 11) is 0. The molecule has 1 heterocycles. The SMILES string of the molecule is O=C(N/N=C\c1ccc(O)cc1)c1ccc(-c2csc(Nc3ccc(Cl)cc3)n2)cc1. The molecular formula is C23H17ClN4O2S. The normalized spacial score (nSPS) is 10.9. The Labute approximate surface area is 187 Å². The molecule has 0 saturated heterocycles. The number of nitrogens with zero attached hydrogens (tertiary/aromatic N) is 2. The van der Waals surface area contributed by atoms with Crippen LogP contribution in [0.2, 0.25) is 5.02 Å². The number of halogens is 1. The number of nitrogens with one attached hydrogen (secondary N) is 2. The molecule has 4 aromatic rings. The number of anilines is 2. The van der Waals surface area contributed by atoms with Gasteiger partial charge in [-0.3, -0.25) is 4.79 Å².